The van der Waals surface area contributed by atoms with E-state index < -0.39 is 0 Å². The van der Waals surface area contributed by atoms with Gasteiger partial charge in [0, 0.05) is 40.2 Å². The molecule has 138 valence electrons. The quantitative estimate of drug-likeness (QED) is 0.550. The Morgan fingerprint density at radius 2 is 1.81 bits per heavy atom. The highest BCUT2D eigenvalue weighted by Crippen LogP contribution is 2.29. The van der Waals surface area contributed by atoms with Crippen LogP contribution in [-0.4, -0.2) is 21.0 Å². The van der Waals surface area contributed by atoms with Gasteiger partial charge in [-0.15, -0.1) is 0 Å². The average molecular weight is 424 g/mol. The van der Waals surface area contributed by atoms with Crippen molar-refractivity contribution in [1.82, 2.24) is 15.0 Å². The zero-order chi connectivity index (χ0) is 18.6. The summed E-state index contributed by atoms with van der Waals surface area (Å²) in [7, 11) is 0. The highest BCUT2D eigenvalue weighted by Gasteiger charge is 2.17. The summed E-state index contributed by atoms with van der Waals surface area (Å²) in [6, 6.07) is 12.5. The lowest BCUT2D eigenvalue weighted by Crippen LogP contribution is -2.17. The summed E-state index contributed by atoms with van der Waals surface area (Å²) in [6.45, 7) is 2.08. The summed E-state index contributed by atoms with van der Waals surface area (Å²) in [5.41, 5.74) is 4.07. The molecule has 5 nitrogen and oxygen atoms in total. The standard InChI is InChI=1S/C21H22BrN5/c1-14-17(22)7-4-8-18(14)25-20-13-19(15-9-11-23-12-10-15)26-21(27-20)24-16-5-2-3-6-16/h4,7-13,16H,2-3,5-6H2,1H3,(H2,24,25,26,27). The summed E-state index contributed by atoms with van der Waals surface area (Å²) < 4.78 is 1.07. The van der Waals surface area contributed by atoms with Crippen LogP contribution in [0.1, 0.15) is 31.2 Å². The van der Waals surface area contributed by atoms with Gasteiger partial charge in [0.05, 0.1) is 5.69 Å². The second-order valence-electron chi connectivity index (χ2n) is 6.86. The van der Waals surface area contributed by atoms with Crippen LogP contribution < -0.4 is 10.6 Å². The fraction of sp³-hybridized carbons (Fsp3) is 0.286. The fourth-order valence-corrected chi connectivity index (χ4v) is 3.75. The number of rotatable bonds is 5. The second kappa shape index (κ2) is 8.05. The maximum atomic E-state index is 4.75. The van der Waals surface area contributed by atoms with Crippen LogP contribution in [0.5, 0.6) is 0 Å². The molecule has 0 saturated heterocycles. The topological polar surface area (TPSA) is 62.7 Å². The number of nitrogens with one attached hydrogen (secondary N) is 2. The Kier molecular flexibility index (Phi) is 5.34. The number of hydrogen-bond acceptors (Lipinski definition) is 5. The third-order valence-corrected chi connectivity index (χ3v) is 5.78. The summed E-state index contributed by atoms with van der Waals surface area (Å²) in [4.78, 5) is 13.6. The van der Waals surface area contributed by atoms with Crippen LogP contribution in [0.2, 0.25) is 0 Å². The van der Waals surface area contributed by atoms with Crippen molar-refractivity contribution in [2.75, 3.05) is 10.6 Å². The van der Waals surface area contributed by atoms with Crippen LogP contribution in [0.25, 0.3) is 11.3 Å². The lowest BCUT2D eigenvalue weighted by Gasteiger charge is -2.16. The van der Waals surface area contributed by atoms with Crippen LogP contribution in [-0.2, 0) is 0 Å². The van der Waals surface area contributed by atoms with Gasteiger partial charge >= 0.3 is 0 Å². The van der Waals surface area contributed by atoms with Crippen LogP contribution >= 0.6 is 15.9 Å². The van der Waals surface area contributed by atoms with Crippen molar-refractivity contribution < 1.29 is 0 Å². The first-order valence-corrected chi connectivity index (χ1v) is 10.1. The molecule has 4 rings (SSSR count). The SMILES string of the molecule is Cc1c(Br)cccc1Nc1cc(-c2ccncc2)nc(NC2CCCC2)n1. The van der Waals surface area contributed by atoms with E-state index in [0.717, 1.165) is 32.8 Å². The van der Waals surface area contributed by atoms with Gasteiger partial charge < -0.3 is 10.6 Å². The molecular weight excluding hydrogens is 402 g/mol. The van der Waals surface area contributed by atoms with Gasteiger partial charge in [0.1, 0.15) is 5.82 Å². The van der Waals surface area contributed by atoms with E-state index >= 15 is 0 Å². The number of anilines is 3. The minimum absolute atomic E-state index is 0.457. The summed E-state index contributed by atoms with van der Waals surface area (Å²) in [5.74, 6) is 1.45. The summed E-state index contributed by atoms with van der Waals surface area (Å²) in [5, 5.41) is 6.97. The number of nitrogens with zero attached hydrogens (tertiary/aromatic N) is 3. The molecule has 0 atom stereocenters. The predicted molar refractivity (Wildman–Crippen MR) is 113 cm³/mol. The van der Waals surface area contributed by atoms with E-state index in [1.165, 1.54) is 25.7 Å². The molecule has 2 N–H and O–H groups in total. The lowest BCUT2D eigenvalue weighted by molar-refractivity contribution is 0.744. The van der Waals surface area contributed by atoms with Gasteiger partial charge in [-0.2, -0.15) is 4.98 Å². The fourth-order valence-electron chi connectivity index (χ4n) is 3.38. The molecular formula is C21H22BrN5. The first kappa shape index (κ1) is 17.9. The highest BCUT2D eigenvalue weighted by atomic mass is 79.9. The monoisotopic (exact) mass is 423 g/mol. The van der Waals surface area contributed by atoms with Gasteiger partial charge in [-0.3, -0.25) is 4.98 Å². The summed E-state index contributed by atoms with van der Waals surface area (Å²) >= 11 is 3.59. The number of halogens is 1. The molecule has 1 aromatic carbocycles. The molecule has 0 amide bonds. The zero-order valence-electron chi connectivity index (χ0n) is 15.2. The molecule has 3 aromatic rings. The third kappa shape index (κ3) is 4.27. The second-order valence-corrected chi connectivity index (χ2v) is 7.72. The first-order chi connectivity index (χ1) is 13.2. The van der Waals surface area contributed by atoms with E-state index in [2.05, 4.69) is 44.5 Å². The number of hydrogen-bond donors (Lipinski definition) is 2. The Morgan fingerprint density at radius 1 is 1.04 bits per heavy atom. The molecule has 0 bridgehead atoms. The molecule has 2 aromatic heterocycles. The van der Waals surface area contributed by atoms with Crippen molar-refractivity contribution in [3.63, 3.8) is 0 Å². The molecule has 6 heteroatoms. The molecule has 0 aliphatic heterocycles. The van der Waals surface area contributed by atoms with Gasteiger partial charge in [0.25, 0.3) is 0 Å². The van der Waals surface area contributed by atoms with E-state index in [9.17, 15) is 0 Å². The smallest absolute Gasteiger partial charge is 0.225 e. The summed E-state index contributed by atoms with van der Waals surface area (Å²) in [6.07, 6.45) is 8.46. The molecule has 0 radical (unpaired) electrons. The largest absolute Gasteiger partial charge is 0.351 e. The van der Waals surface area contributed by atoms with E-state index in [1.54, 1.807) is 12.4 Å². The zero-order valence-corrected chi connectivity index (χ0v) is 16.8. The Bertz CT molecular complexity index is 923. The average Bonchev–Trinajstić information content (AvgIpc) is 3.19. The highest BCUT2D eigenvalue weighted by molar-refractivity contribution is 9.10. The minimum atomic E-state index is 0.457. The molecule has 1 fully saturated rings. The first-order valence-electron chi connectivity index (χ1n) is 9.27. The maximum absolute atomic E-state index is 4.75. The van der Waals surface area contributed by atoms with Crippen molar-refractivity contribution in [1.29, 1.82) is 0 Å². The van der Waals surface area contributed by atoms with Gasteiger partial charge in [0.2, 0.25) is 5.95 Å². The number of aromatic nitrogens is 3. The molecule has 0 unspecified atom stereocenters. The molecule has 0 spiro atoms. The van der Waals surface area contributed by atoms with Crippen molar-refractivity contribution in [3.8, 4) is 11.3 Å². The molecule has 1 saturated carbocycles. The van der Waals surface area contributed by atoms with Crippen LogP contribution in [0.4, 0.5) is 17.5 Å². The third-order valence-electron chi connectivity index (χ3n) is 4.92. The van der Waals surface area contributed by atoms with Gasteiger partial charge in [-0.1, -0.05) is 34.8 Å². The van der Waals surface area contributed by atoms with Gasteiger partial charge in [-0.05, 0) is 49.6 Å². The molecule has 1 aliphatic rings. The van der Waals surface area contributed by atoms with Crippen LogP contribution in [0, 0.1) is 6.92 Å². The Balaban J connectivity index is 1.69. The van der Waals surface area contributed by atoms with E-state index in [1.807, 2.05) is 30.3 Å². The molecule has 1 aliphatic carbocycles. The van der Waals surface area contributed by atoms with Crippen molar-refractivity contribution >= 4 is 33.4 Å². The van der Waals surface area contributed by atoms with E-state index in [4.69, 9.17) is 9.97 Å². The maximum Gasteiger partial charge on any atom is 0.225 e. The van der Waals surface area contributed by atoms with Crippen molar-refractivity contribution in [3.05, 3.63) is 58.8 Å². The predicted octanol–water partition coefficient (Wildman–Crippen LogP) is 5.71. The van der Waals surface area contributed by atoms with Gasteiger partial charge in [-0.25, -0.2) is 4.98 Å². The minimum Gasteiger partial charge on any atom is -0.351 e. The van der Waals surface area contributed by atoms with Crippen LogP contribution in [0.3, 0.4) is 0 Å². The van der Waals surface area contributed by atoms with E-state index in [0.29, 0.717) is 12.0 Å². The van der Waals surface area contributed by atoms with Gasteiger partial charge in [0.15, 0.2) is 0 Å². The van der Waals surface area contributed by atoms with Crippen LogP contribution in [0.15, 0.2) is 53.3 Å². The Morgan fingerprint density at radius 3 is 2.59 bits per heavy atom. The number of benzene rings is 1. The lowest BCUT2D eigenvalue weighted by atomic mass is 10.2. The number of pyridine rings is 1. The van der Waals surface area contributed by atoms with E-state index in [-0.39, 0.29) is 0 Å². The Hall–Kier alpha value is -2.47. The van der Waals surface area contributed by atoms with Crippen molar-refractivity contribution in [2.24, 2.45) is 0 Å². The van der Waals surface area contributed by atoms with Crippen molar-refractivity contribution in [2.45, 2.75) is 38.6 Å². The molecule has 27 heavy (non-hydrogen) atoms. The molecule has 2 heterocycles. The Labute approximate surface area is 167 Å². The normalized spacial score (nSPS) is 14.3.